The van der Waals surface area contributed by atoms with Crippen molar-refractivity contribution in [3.05, 3.63) is 35.1 Å². The summed E-state index contributed by atoms with van der Waals surface area (Å²) < 4.78 is 13.1. The lowest BCUT2D eigenvalue weighted by Gasteiger charge is -2.32. The maximum absolute atomic E-state index is 13.1. The molecule has 0 bridgehead atoms. The molecule has 1 saturated heterocycles. The Morgan fingerprint density at radius 3 is 2.68 bits per heavy atom. The van der Waals surface area contributed by atoms with Gasteiger partial charge in [0.1, 0.15) is 5.82 Å². The van der Waals surface area contributed by atoms with Crippen molar-refractivity contribution in [1.82, 2.24) is 4.90 Å². The minimum absolute atomic E-state index is 0.0173. The first kappa shape index (κ1) is 14.0. The van der Waals surface area contributed by atoms with E-state index in [2.05, 4.69) is 0 Å². The van der Waals surface area contributed by atoms with Gasteiger partial charge >= 0.3 is 0 Å². The molecule has 0 aromatic heterocycles. The van der Waals surface area contributed by atoms with Crippen LogP contribution in [0, 0.1) is 18.7 Å². The molecule has 4 heteroatoms. The third kappa shape index (κ3) is 3.32. The van der Waals surface area contributed by atoms with Crippen LogP contribution in [0.2, 0.25) is 0 Å². The zero-order valence-electron chi connectivity index (χ0n) is 11.4. The van der Waals surface area contributed by atoms with Gasteiger partial charge in [-0.1, -0.05) is 0 Å². The number of halogens is 1. The van der Waals surface area contributed by atoms with Gasteiger partial charge in [0, 0.05) is 18.7 Å². The predicted octanol–water partition coefficient (Wildman–Crippen LogP) is 2.34. The summed E-state index contributed by atoms with van der Waals surface area (Å²) >= 11 is 0. The number of aryl methyl sites for hydroxylation is 1. The number of carbonyl (C=O) groups excluding carboxylic acids is 1. The fourth-order valence-corrected chi connectivity index (χ4v) is 2.70. The molecule has 0 aliphatic carbocycles. The summed E-state index contributed by atoms with van der Waals surface area (Å²) in [6, 6.07) is 4.34. The molecule has 0 radical (unpaired) electrons. The molecule has 3 nitrogen and oxygen atoms in total. The van der Waals surface area contributed by atoms with Crippen LogP contribution in [0.5, 0.6) is 0 Å². The van der Waals surface area contributed by atoms with E-state index in [-0.39, 0.29) is 11.7 Å². The van der Waals surface area contributed by atoms with E-state index in [1.165, 1.54) is 12.1 Å². The summed E-state index contributed by atoms with van der Waals surface area (Å²) in [5.74, 6) is 0.364. The number of hydrogen-bond donors (Lipinski definition) is 1. The van der Waals surface area contributed by atoms with E-state index in [4.69, 9.17) is 5.73 Å². The Morgan fingerprint density at radius 2 is 2.11 bits per heavy atom. The summed E-state index contributed by atoms with van der Waals surface area (Å²) in [6.45, 7) is 4.05. The molecule has 1 heterocycles. The van der Waals surface area contributed by atoms with Crippen molar-refractivity contribution in [3.63, 3.8) is 0 Å². The molecule has 1 aromatic carbocycles. The number of benzene rings is 1. The number of nitrogens with zero attached hydrogens (tertiary/aromatic N) is 1. The van der Waals surface area contributed by atoms with E-state index < -0.39 is 0 Å². The summed E-state index contributed by atoms with van der Waals surface area (Å²) in [5, 5.41) is 0. The van der Waals surface area contributed by atoms with Gasteiger partial charge in [0.2, 0.25) is 0 Å². The maximum atomic E-state index is 13.1. The molecule has 0 atom stereocenters. The van der Waals surface area contributed by atoms with Crippen molar-refractivity contribution < 1.29 is 9.18 Å². The van der Waals surface area contributed by atoms with Crippen molar-refractivity contribution in [2.75, 3.05) is 19.6 Å². The second-order valence-corrected chi connectivity index (χ2v) is 5.27. The highest BCUT2D eigenvalue weighted by atomic mass is 19.1. The van der Waals surface area contributed by atoms with Crippen molar-refractivity contribution >= 4 is 5.91 Å². The molecule has 104 valence electrons. The number of nitrogens with two attached hydrogens (primary N) is 1. The molecule has 1 fully saturated rings. The largest absolute Gasteiger partial charge is 0.339 e. The Balaban J connectivity index is 2.01. The monoisotopic (exact) mass is 264 g/mol. The fraction of sp³-hybridized carbons (Fsp3) is 0.533. The predicted molar refractivity (Wildman–Crippen MR) is 73.4 cm³/mol. The Morgan fingerprint density at radius 1 is 1.42 bits per heavy atom. The first-order valence-corrected chi connectivity index (χ1v) is 6.87. The fourth-order valence-electron chi connectivity index (χ4n) is 2.70. The molecule has 0 unspecified atom stereocenters. The summed E-state index contributed by atoms with van der Waals surface area (Å²) in [4.78, 5) is 14.2. The average Bonchev–Trinajstić information content (AvgIpc) is 2.39. The lowest BCUT2D eigenvalue weighted by molar-refractivity contribution is 0.0687. The van der Waals surface area contributed by atoms with Gasteiger partial charge in [0.15, 0.2) is 0 Å². The number of amides is 1. The Kier molecular flexibility index (Phi) is 4.53. The van der Waals surface area contributed by atoms with E-state index in [9.17, 15) is 9.18 Å². The van der Waals surface area contributed by atoms with Crippen LogP contribution in [-0.2, 0) is 0 Å². The van der Waals surface area contributed by atoms with Crippen molar-refractivity contribution in [1.29, 1.82) is 0 Å². The van der Waals surface area contributed by atoms with Crippen LogP contribution in [-0.4, -0.2) is 30.4 Å². The maximum Gasteiger partial charge on any atom is 0.254 e. The van der Waals surface area contributed by atoms with Crippen molar-refractivity contribution in [2.45, 2.75) is 26.2 Å². The first-order chi connectivity index (χ1) is 9.11. The van der Waals surface area contributed by atoms with Crippen molar-refractivity contribution in [2.24, 2.45) is 11.7 Å². The van der Waals surface area contributed by atoms with Crippen LogP contribution in [0.15, 0.2) is 18.2 Å². The summed E-state index contributed by atoms with van der Waals surface area (Å²) in [5.41, 5.74) is 6.88. The number of carbonyl (C=O) groups is 1. The van der Waals surface area contributed by atoms with Gasteiger partial charge in [-0.25, -0.2) is 4.39 Å². The smallest absolute Gasteiger partial charge is 0.254 e. The molecule has 2 N–H and O–H groups in total. The molecule has 2 rings (SSSR count). The van der Waals surface area contributed by atoms with Gasteiger partial charge < -0.3 is 10.6 Å². The summed E-state index contributed by atoms with van der Waals surface area (Å²) in [7, 11) is 0. The highest BCUT2D eigenvalue weighted by Crippen LogP contribution is 2.22. The van der Waals surface area contributed by atoms with Gasteiger partial charge in [-0.15, -0.1) is 0 Å². The molecular formula is C15H21FN2O. The second kappa shape index (κ2) is 6.15. The molecular weight excluding hydrogens is 243 g/mol. The SMILES string of the molecule is Cc1cc(F)ccc1C(=O)N1CCC(CCN)CC1. The third-order valence-corrected chi connectivity index (χ3v) is 3.90. The second-order valence-electron chi connectivity index (χ2n) is 5.27. The number of likely N-dealkylation sites (tertiary alicyclic amines) is 1. The van der Waals surface area contributed by atoms with Gasteiger partial charge in [-0.2, -0.15) is 0 Å². The van der Waals surface area contributed by atoms with E-state index >= 15 is 0 Å². The minimum Gasteiger partial charge on any atom is -0.339 e. The molecule has 1 amide bonds. The summed E-state index contributed by atoms with van der Waals surface area (Å²) in [6.07, 6.45) is 3.07. The third-order valence-electron chi connectivity index (χ3n) is 3.90. The van der Waals surface area contributed by atoms with Crippen LogP contribution in [0.1, 0.15) is 35.2 Å². The minimum atomic E-state index is -0.296. The Bertz CT molecular complexity index is 453. The molecule has 1 aliphatic heterocycles. The highest BCUT2D eigenvalue weighted by Gasteiger charge is 2.24. The van der Waals surface area contributed by atoms with Crippen LogP contribution in [0.3, 0.4) is 0 Å². The number of piperidine rings is 1. The van der Waals surface area contributed by atoms with Gasteiger partial charge in [-0.3, -0.25) is 4.79 Å². The zero-order chi connectivity index (χ0) is 13.8. The first-order valence-electron chi connectivity index (χ1n) is 6.87. The normalized spacial score (nSPS) is 16.7. The van der Waals surface area contributed by atoms with E-state index in [1.807, 2.05) is 4.90 Å². The van der Waals surface area contributed by atoms with E-state index in [1.54, 1.807) is 13.0 Å². The number of rotatable bonds is 3. The van der Waals surface area contributed by atoms with Gasteiger partial charge in [-0.05, 0) is 62.4 Å². The molecule has 0 saturated carbocycles. The quantitative estimate of drug-likeness (QED) is 0.910. The molecule has 1 aromatic rings. The Labute approximate surface area is 113 Å². The standard InChI is InChI=1S/C15H21FN2O/c1-11-10-13(16)2-3-14(11)15(19)18-8-5-12(4-7-17)6-9-18/h2-3,10,12H,4-9,17H2,1H3. The zero-order valence-corrected chi connectivity index (χ0v) is 11.4. The topological polar surface area (TPSA) is 46.3 Å². The van der Waals surface area contributed by atoms with Crippen LogP contribution in [0.25, 0.3) is 0 Å². The van der Waals surface area contributed by atoms with Crippen LogP contribution < -0.4 is 5.73 Å². The van der Waals surface area contributed by atoms with Crippen LogP contribution in [0.4, 0.5) is 4.39 Å². The van der Waals surface area contributed by atoms with Crippen molar-refractivity contribution in [3.8, 4) is 0 Å². The van der Waals surface area contributed by atoms with Gasteiger partial charge in [0.05, 0.1) is 0 Å². The Hall–Kier alpha value is -1.42. The molecule has 19 heavy (non-hydrogen) atoms. The lowest BCUT2D eigenvalue weighted by Crippen LogP contribution is -2.39. The van der Waals surface area contributed by atoms with E-state index in [0.29, 0.717) is 17.0 Å². The number of hydrogen-bond acceptors (Lipinski definition) is 2. The molecule has 1 aliphatic rings. The lowest BCUT2D eigenvalue weighted by atomic mass is 9.93. The molecule has 0 spiro atoms. The average molecular weight is 264 g/mol. The van der Waals surface area contributed by atoms with Gasteiger partial charge in [0.25, 0.3) is 5.91 Å². The van der Waals surface area contributed by atoms with E-state index in [0.717, 1.165) is 38.9 Å². The highest BCUT2D eigenvalue weighted by molar-refractivity contribution is 5.95. The van der Waals surface area contributed by atoms with Crippen LogP contribution >= 0.6 is 0 Å².